The molecule has 1 aromatic carbocycles. The molecule has 0 saturated heterocycles. The van der Waals surface area contributed by atoms with E-state index < -0.39 is 29.6 Å². The third-order valence-corrected chi connectivity index (χ3v) is 8.82. The predicted molar refractivity (Wildman–Crippen MR) is 149 cm³/mol. The van der Waals surface area contributed by atoms with Gasteiger partial charge in [-0.2, -0.15) is 13.2 Å². The van der Waals surface area contributed by atoms with Crippen LogP contribution in [0.3, 0.4) is 0 Å². The number of hydrogen-bond acceptors (Lipinski definition) is 6. The molecule has 4 rings (SSSR count). The molecule has 1 aromatic heterocycles. The van der Waals surface area contributed by atoms with Crippen molar-refractivity contribution in [3.05, 3.63) is 44.6 Å². The Morgan fingerprint density at radius 2 is 1.95 bits per heavy atom. The maximum atomic E-state index is 13.5. The number of fused-ring (bicyclic) bond motifs is 1. The zero-order valence-electron chi connectivity index (χ0n) is 22.4. The lowest BCUT2D eigenvalue weighted by Gasteiger charge is -2.36. The second-order valence-corrected chi connectivity index (χ2v) is 11.6. The van der Waals surface area contributed by atoms with Gasteiger partial charge in [0.05, 0.1) is 22.0 Å². The second kappa shape index (κ2) is 12.8. The topological polar surface area (TPSA) is 87.7 Å². The van der Waals surface area contributed by atoms with Gasteiger partial charge in [-0.3, -0.25) is 9.59 Å². The maximum absolute atomic E-state index is 13.5. The van der Waals surface area contributed by atoms with Gasteiger partial charge in [0.25, 0.3) is 0 Å². The fourth-order valence-corrected chi connectivity index (χ4v) is 6.69. The molecule has 2 aromatic rings. The van der Waals surface area contributed by atoms with E-state index in [0.29, 0.717) is 13.0 Å². The number of urea groups is 1. The summed E-state index contributed by atoms with van der Waals surface area (Å²) in [5, 5.41) is 9.36. The Bertz CT molecular complexity index is 1240. The largest absolute Gasteiger partial charge is 0.454 e. The summed E-state index contributed by atoms with van der Waals surface area (Å²) in [6.45, 7) is 1.92. The van der Waals surface area contributed by atoms with Crippen LogP contribution in [0, 0.1) is 5.92 Å². The second-order valence-electron chi connectivity index (χ2n) is 10.4. The normalized spacial score (nSPS) is 20.2. The maximum Gasteiger partial charge on any atom is 0.418 e. The van der Waals surface area contributed by atoms with Crippen molar-refractivity contribution in [2.24, 2.45) is 5.92 Å². The summed E-state index contributed by atoms with van der Waals surface area (Å²) in [5.74, 6) is -0.728. The van der Waals surface area contributed by atoms with Crippen LogP contribution in [-0.2, 0) is 33.3 Å². The van der Waals surface area contributed by atoms with Crippen molar-refractivity contribution < 1.29 is 32.3 Å². The highest BCUT2D eigenvalue weighted by Crippen LogP contribution is 2.40. The molecular weight excluding hydrogens is 567 g/mol. The third-order valence-electron chi connectivity index (χ3n) is 7.73. The number of ether oxygens (including phenoxy) is 1. The van der Waals surface area contributed by atoms with Crippen molar-refractivity contribution in [2.75, 3.05) is 24.2 Å². The van der Waals surface area contributed by atoms with Gasteiger partial charge >= 0.3 is 18.2 Å². The number of hydrogen-bond donors (Lipinski definition) is 2. The van der Waals surface area contributed by atoms with Crippen LogP contribution in [0.2, 0.25) is 5.02 Å². The van der Waals surface area contributed by atoms with Gasteiger partial charge in [-0.05, 0) is 80.0 Å². The average molecular weight is 600 g/mol. The molecular formula is C28H33ClF3N3O4S. The highest BCUT2D eigenvalue weighted by molar-refractivity contribution is 7.08. The summed E-state index contributed by atoms with van der Waals surface area (Å²) in [6.07, 6.45) is -1.10. The summed E-state index contributed by atoms with van der Waals surface area (Å²) in [4.78, 5) is 39.5. The molecule has 1 aliphatic heterocycles. The zero-order chi connectivity index (χ0) is 29.0. The number of amides is 2. The molecule has 12 heteroatoms. The minimum absolute atomic E-state index is 0.0660. The molecule has 1 aliphatic carbocycles. The number of alkyl halides is 3. The Kier molecular flexibility index (Phi) is 9.66. The summed E-state index contributed by atoms with van der Waals surface area (Å²) < 4.78 is 46.0. The standard InChI is InChI=1S/C28H33ClF3N3O4S/c1-16(36)24(13-18-11-21(28(30,31)32)26(33-2)22(29)12-18)39-25(37)8-5-17-3-6-20(7-4-17)35-10-9-19-14-40-15-23(19)34-27(35)38/h11-12,14-15,17,20,24,33H,3-10,13H2,1-2H3,(H,34,38)/t17?,20?,24-/m1/s1. The monoisotopic (exact) mass is 599 g/mol. The number of halogens is 4. The number of nitrogens with zero attached hydrogens (tertiary/aromatic N) is 1. The summed E-state index contributed by atoms with van der Waals surface area (Å²) in [6, 6.07) is 2.35. The molecule has 2 aliphatic rings. The van der Waals surface area contributed by atoms with Gasteiger partial charge in [-0.25, -0.2) is 4.79 Å². The molecule has 0 bridgehead atoms. The summed E-state index contributed by atoms with van der Waals surface area (Å²) in [5.41, 5.74) is 1.01. The van der Waals surface area contributed by atoms with Crippen LogP contribution in [0.5, 0.6) is 0 Å². The number of anilines is 2. The van der Waals surface area contributed by atoms with Crippen molar-refractivity contribution in [2.45, 2.75) is 76.6 Å². The van der Waals surface area contributed by atoms with E-state index in [4.69, 9.17) is 16.3 Å². The van der Waals surface area contributed by atoms with Gasteiger partial charge < -0.3 is 20.3 Å². The highest BCUT2D eigenvalue weighted by atomic mass is 35.5. The number of ketones is 1. The number of esters is 1. The molecule has 1 fully saturated rings. The molecule has 1 atom stereocenters. The van der Waals surface area contributed by atoms with Gasteiger partial charge in [0.1, 0.15) is 0 Å². The Morgan fingerprint density at radius 3 is 2.60 bits per heavy atom. The fraction of sp³-hybridized carbons (Fsp3) is 0.536. The van der Waals surface area contributed by atoms with Crippen LogP contribution < -0.4 is 10.6 Å². The van der Waals surface area contributed by atoms with Gasteiger partial charge in [-0.15, -0.1) is 11.3 Å². The Hall–Kier alpha value is -2.79. The van der Waals surface area contributed by atoms with Crippen molar-refractivity contribution >= 4 is 52.1 Å². The smallest absolute Gasteiger partial charge is 0.418 e. The first kappa shape index (κ1) is 30.2. The number of rotatable bonds is 9. The molecule has 218 valence electrons. The van der Waals surface area contributed by atoms with Crippen LogP contribution in [0.1, 0.15) is 62.1 Å². The SMILES string of the molecule is CNc1c(Cl)cc(C[C@@H](OC(=O)CCC2CCC(N3CCc4cscc4NC3=O)CC2)C(C)=O)cc1C(F)(F)F. The van der Waals surface area contributed by atoms with E-state index in [2.05, 4.69) is 16.0 Å². The van der Waals surface area contributed by atoms with Gasteiger partial charge in [0, 0.05) is 37.9 Å². The van der Waals surface area contributed by atoms with Crippen molar-refractivity contribution in [3.8, 4) is 0 Å². The first-order valence-electron chi connectivity index (χ1n) is 13.4. The average Bonchev–Trinajstić information content (AvgIpc) is 3.27. The van der Waals surface area contributed by atoms with Crippen molar-refractivity contribution in [3.63, 3.8) is 0 Å². The summed E-state index contributed by atoms with van der Waals surface area (Å²) >= 11 is 7.64. The fourth-order valence-electron chi connectivity index (χ4n) is 5.53. The van der Waals surface area contributed by atoms with E-state index in [9.17, 15) is 27.6 Å². The molecule has 0 unspecified atom stereocenters. The number of nitrogens with one attached hydrogen (secondary N) is 2. The van der Waals surface area contributed by atoms with Crippen LogP contribution in [-0.4, -0.2) is 48.4 Å². The molecule has 1 saturated carbocycles. The number of carbonyl (C=O) groups is 3. The summed E-state index contributed by atoms with van der Waals surface area (Å²) in [7, 11) is 1.34. The number of Topliss-reactive ketones (excluding diaryl/α,β-unsaturated/α-hetero) is 1. The van der Waals surface area contributed by atoms with Crippen LogP contribution in [0.15, 0.2) is 22.9 Å². The highest BCUT2D eigenvalue weighted by Gasteiger charge is 2.35. The van der Waals surface area contributed by atoms with Crippen molar-refractivity contribution in [1.82, 2.24) is 4.90 Å². The molecule has 2 N–H and O–H groups in total. The minimum atomic E-state index is -4.65. The predicted octanol–water partition coefficient (Wildman–Crippen LogP) is 6.93. The lowest BCUT2D eigenvalue weighted by Crippen LogP contribution is -2.44. The molecule has 7 nitrogen and oxygen atoms in total. The van der Waals surface area contributed by atoms with E-state index >= 15 is 0 Å². The van der Waals surface area contributed by atoms with E-state index in [1.165, 1.54) is 20.0 Å². The Labute approximate surface area is 240 Å². The first-order chi connectivity index (χ1) is 19.0. The van der Waals surface area contributed by atoms with Gasteiger partial charge in [-0.1, -0.05) is 11.6 Å². The van der Waals surface area contributed by atoms with Gasteiger partial charge in [0.15, 0.2) is 11.9 Å². The number of benzene rings is 1. The van der Waals surface area contributed by atoms with Gasteiger partial charge in [0.2, 0.25) is 0 Å². The van der Waals surface area contributed by atoms with Crippen LogP contribution in [0.4, 0.5) is 29.3 Å². The molecule has 40 heavy (non-hydrogen) atoms. The quantitative estimate of drug-likeness (QED) is 0.305. The van der Waals surface area contributed by atoms with E-state index in [0.717, 1.165) is 49.4 Å². The van der Waals surface area contributed by atoms with E-state index in [1.54, 1.807) is 11.3 Å². The first-order valence-corrected chi connectivity index (χ1v) is 14.7. The van der Waals surface area contributed by atoms with E-state index in [1.807, 2.05) is 10.3 Å². The number of thiophene rings is 1. The number of carbonyl (C=O) groups excluding carboxylic acids is 3. The van der Waals surface area contributed by atoms with Crippen LogP contribution in [0.25, 0.3) is 0 Å². The third kappa shape index (κ3) is 7.28. The Balaban J connectivity index is 1.27. The molecule has 2 heterocycles. The molecule has 0 spiro atoms. The Morgan fingerprint density at radius 1 is 1.23 bits per heavy atom. The molecule has 2 amide bonds. The molecule has 0 radical (unpaired) electrons. The van der Waals surface area contributed by atoms with E-state index in [-0.39, 0.29) is 47.1 Å². The lowest BCUT2D eigenvalue weighted by atomic mass is 9.83. The van der Waals surface area contributed by atoms with Crippen LogP contribution >= 0.6 is 22.9 Å². The van der Waals surface area contributed by atoms with Crippen molar-refractivity contribution in [1.29, 1.82) is 0 Å². The lowest BCUT2D eigenvalue weighted by molar-refractivity contribution is -0.154. The zero-order valence-corrected chi connectivity index (χ0v) is 24.0. The minimum Gasteiger partial charge on any atom is -0.454 e.